The second kappa shape index (κ2) is 7.03. The molecule has 4 saturated carbocycles. The molecule has 4 aliphatic carbocycles. The Kier molecular flexibility index (Phi) is 4.78. The Hall–Kier alpha value is -0.450. The first-order valence-electron chi connectivity index (χ1n) is 13.4. The topological polar surface area (TPSA) is 60.8 Å². The third kappa shape index (κ3) is 2.93. The summed E-state index contributed by atoms with van der Waals surface area (Å²) in [4.78, 5) is 15.9. The molecule has 2 heterocycles. The van der Waals surface area contributed by atoms with Gasteiger partial charge in [0.1, 0.15) is 5.78 Å². The highest BCUT2D eigenvalue weighted by Gasteiger charge is 2.64. The molecule has 174 valence electrons. The average Bonchev–Trinajstić information content (AvgIpc) is 3.09. The van der Waals surface area contributed by atoms with Gasteiger partial charge in [-0.15, -0.1) is 0 Å². The molecule has 2 N–H and O–H groups in total. The summed E-state index contributed by atoms with van der Waals surface area (Å²) >= 11 is 0. The summed E-state index contributed by atoms with van der Waals surface area (Å²) in [6.45, 7) is 9.23. The SMILES string of the molecule is C[C@H]1CC[C@H]2N(C1)C[C@H]1[C@@H]3C[C@H]4[C@@H](CC(=O)[C@H]5C[C@@H](O)CC[C@@]54C)[C@@H]3CC[C@@H]1[C@]2(C)O. The molecule has 12 atom stereocenters. The first-order valence-corrected chi connectivity index (χ1v) is 13.4. The summed E-state index contributed by atoms with van der Waals surface area (Å²) in [7, 11) is 0. The Bertz CT molecular complexity index is 751. The molecular formula is C27H43NO3. The van der Waals surface area contributed by atoms with Crippen molar-refractivity contribution in [1.29, 1.82) is 0 Å². The zero-order chi connectivity index (χ0) is 21.7. The summed E-state index contributed by atoms with van der Waals surface area (Å²) in [5.74, 6) is 4.82. The van der Waals surface area contributed by atoms with Crippen molar-refractivity contribution >= 4 is 5.78 Å². The summed E-state index contributed by atoms with van der Waals surface area (Å²) in [5.41, 5.74) is -0.482. The lowest BCUT2D eigenvalue weighted by Crippen LogP contribution is -2.67. The van der Waals surface area contributed by atoms with Gasteiger partial charge < -0.3 is 10.2 Å². The zero-order valence-electron chi connectivity index (χ0n) is 19.8. The summed E-state index contributed by atoms with van der Waals surface area (Å²) in [6.07, 6.45) is 9.08. The van der Waals surface area contributed by atoms with Crippen LogP contribution in [-0.2, 0) is 4.79 Å². The Morgan fingerprint density at radius 3 is 2.52 bits per heavy atom. The fraction of sp³-hybridized carbons (Fsp3) is 0.963. The molecule has 4 heteroatoms. The Labute approximate surface area is 188 Å². The van der Waals surface area contributed by atoms with Gasteiger partial charge >= 0.3 is 0 Å². The average molecular weight is 430 g/mol. The third-order valence-corrected chi connectivity index (χ3v) is 11.8. The van der Waals surface area contributed by atoms with Crippen molar-refractivity contribution in [2.75, 3.05) is 13.1 Å². The number of hydrogen-bond donors (Lipinski definition) is 2. The van der Waals surface area contributed by atoms with E-state index in [4.69, 9.17) is 0 Å². The van der Waals surface area contributed by atoms with E-state index in [-0.39, 0.29) is 17.4 Å². The molecule has 0 aromatic carbocycles. The van der Waals surface area contributed by atoms with E-state index >= 15 is 0 Å². The maximum Gasteiger partial charge on any atom is 0.136 e. The van der Waals surface area contributed by atoms with Gasteiger partial charge in [-0.3, -0.25) is 9.69 Å². The molecule has 6 fully saturated rings. The molecule has 2 saturated heterocycles. The number of ketones is 1. The molecule has 31 heavy (non-hydrogen) atoms. The fourth-order valence-electron chi connectivity index (χ4n) is 10.4. The van der Waals surface area contributed by atoms with Crippen LogP contribution in [0.2, 0.25) is 0 Å². The molecule has 0 bridgehead atoms. The predicted molar refractivity (Wildman–Crippen MR) is 120 cm³/mol. The van der Waals surface area contributed by atoms with Gasteiger partial charge in [0.05, 0.1) is 11.7 Å². The Morgan fingerprint density at radius 2 is 1.71 bits per heavy atom. The zero-order valence-corrected chi connectivity index (χ0v) is 19.8. The van der Waals surface area contributed by atoms with Crippen LogP contribution in [0.1, 0.15) is 78.6 Å². The first-order chi connectivity index (χ1) is 14.7. The number of rotatable bonds is 0. The summed E-state index contributed by atoms with van der Waals surface area (Å²) in [5, 5.41) is 22.1. The van der Waals surface area contributed by atoms with Crippen LogP contribution in [0.5, 0.6) is 0 Å². The van der Waals surface area contributed by atoms with Crippen molar-refractivity contribution in [1.82, 2.24) is 4.90 Å². The van der Waals surface area contributed by atoms with E-state index in [0.717, 1.165) is 44.6 Å². The number of carbonyl (C=O) groups excluding carboxylic acids is 1. The molecule has 6 aliphatic rings. The lowest BCUT2D eigenvalue weighted by molar-refractivity contribution is -0.175. The van der Waals surface area contributed by atoms with Crippen LogP contribution in [0.4, 0.5) is 0 Å². The second-order valence-corrected chi connectivity index (χ2v) is 13.2. The fourth-order valence-corrected chi connectivity index (χ4v) is 10.4. The molecule has 0 amide bonds. The largest absolute Gasteiger partial charge is 0.393 e. The van der Waals surface area contributed by atoms with Crippen molar-refractivity contribution in [3.63, 3.8) is 0 Å². The number of carbonyl (C=O) groups is 1. The van der Waals surface area contributed by atoms with Gasteiger partial charge in [-0.05, 0) is 105 Å². The smallest absolute Gasteiger partial charge is 0.136 e. The lowest BCUT2D eigenvalue weighted by Gasteiger charge is -2.59. The molecule has 2 aliphatic heterocycles. The molecular weight excluding hydrogens is 386 g/mol. The standard InChI is InChI=1S/C27H43NO3/c1-15-4-7-25-27(3,31)21-6-5-17-18(20(21)14-28(25)13-15)11-22-19(17)12-24(30)23-10-16(29)8-9-26(22,23)2/h15-23,25,29,31H,4-14H2,1-3H3/t15-,16-,17+,18+,19-,20-,21-,22-,23+,25+,26+,27-/m0/s1. The number of Topliss-reactive ketones (excluding diaryl/α,β-unsaturated/α-hetero) is 1. The highest BCUT2D eigenvalue weighted by molar-refractivity contribution is 5.83. The minimum atomic E-state index is -0.570. The molecule has 4 nitrogen and oxygen atoms in total. The van der Waals surface area contributed by atoms with Crippen molar-refractivity contribution in [3.8, 4) is 0 Å². The van der Waals surface area contributed by atoms with E-state index in [1.807, 2.05) is 0 Å². The maximum atomic E-state index is 13.2. The predicted octanol–water partition coefficient (Wildman–Crippen LogP) is 3.89. The van der Waals surface area contributed by atoms with Crippen LogP contribution in [-0.4, -0.2) is 51.7 Å². The van der Waals surface area contributed by atoms with Gasteiger partial charge in [0.15, 0.2) is 0 Å². The van der Waals surface area contributed by atoms with Gasteiger partial charge in [-0.25, -0.2) is 0 Å². The van der Waals surface area contributed by atoms with Gasteiger partial charge in [0, 0.05) is 31.5 Å². The molecule has 0 spiro atoms. The molecule has 0 radical (unpaired) electrons. The van der Waals surface area contributed by atoms with Crippen LogP contribution in [0.3, 0.4) is 0 Å². The second-order valence-electron chi connectivity index (χ2n) is 13.2. The molecule has 0 aromatic rings. The van der Waals surface area contributed by atoms with Crippen molar-refractivity contribution in [2.45, 2.75) is 96.3 Å². The van der Waals surface area contributed by atoms with Crippen LogP contribution in [0.25, 0.3) is 0 Å². The van der Waals surface area contributed by atoms with E-state index < -0.39 is 5.60 Å². The quantitative estimate of drug-likeness (QED) is 0.613. The third-order valence-electron chi connectivity index (χ3n) is 11.8. The lowest BCUT2D eigenvalue weighted by atomic mass is 9.51. The van der Waals surface area contributed by atoms with Gasteiger partial charge in [0.25, 0.3) is 0 Å². The first kappa shape index (κ1) is 21.1. The number of nitrogens with zero attached hydrogens (tertiary/aromatic N) is 1. The molecule has 0 aromatic heterocycles. The number of fused-ring (bicyclic) bond motifs is 8. The van der Waals surface area contributed by atoms with E-state index in [1.54, 1.807) is 0 Å². The normalized spacial score (nSPS) is 59.2. The minimum Gasteiger partial charge on any atom is -0.393 e. The van der Waals surface area contributed by atoms with Crippen LogP contribution < -0.4 is 0 Å². The monoisotopic (exact) mass is 429 g/mol. The van der Waals surface area contributed by atoms with E-state index in [2.05, 4.69) is 25.7 Å². The van der Waals surface area contributed by atoms with Crippen LogP contribution >= 0.6 is 0 Å². The van der Waals surface area contributed by atoms with Gasteiger partial charge in [-0.1, -0.05) is 13.8 Å². The maximum absolute atomic E-state index is 13.2. The highest BCUT2D eigenvalue weighted by atomic mass is 16.3. The number of aliphatic hydroxyl groups is 2. The van der Waals surface area contributed by atoms with Crippen molar-refractivity contribution in [2.24, 2.45) is 52.8 Å². The van der Waals surface area contributed by atoms with E-state index in [0.29, 0.717) is 53.8 Å². The van der Waals surface area contributed by atoms with Gasteiger partial charge in [-0.2, -0.15) is 0 Å². The van der Waals surface area contributed by atoms with E-state index in [1.165, 1.54) is 25.8 Å². The highest BCUT2D eigenvalue weighted by Crippen LogP contribution is 2.66. The van der Waals surface area contributed by atoms with Crippen molar-refractivity contribution in [3.05, 3.63) is 0 Å². The Balaban J connectivity index is 1.31. The summed E-state index contributed by atoms with van der Waals surface area (Å²) < 4.78 is 0. The minimum absolute atomic E-state index is 0.0789. The number of aliphatic hydroxyl groups excluding tert-OH is 1. The number of hydrogen-bond acceptors (Lipinski definition) is 4. The molecule has 6 rings (SSSR count). The van der Waals surface area contributed by atoms with Crippen LogP contribution in [0, 0.1) is 52.8 Å². The van der Waals surface area contributed by atoms with Crippen molar-refractivity contribution < 1.29 is 15.0 Å². The van der Waals surface area contributed by atoms with E-state index in [9.17, 15) is 15.0 Å². The summed E-state index contributed by atoms with van der Waals surface area (Å²) in [6, 6.07) is 0.341. The van der Waals surface area contributed by atoms with Gasteiger partial charge in [0.2, 0.25) is 0 Å². The number of piperidine rings is 2. The van der Waals surface area contributed by atoms with Crippen LogP contribution in [0.15, 0.2) is 0 Å². The Morgan fingerprint density at radius 1 is 0.903 bits per heavy atom. The molecule has 0 unspecified atom stereocenters.